The Kier molecular flexibility index (Phi) is 9.23. The molecule has 0 aliphatic rings. The van der Waals surface area contributed by atoms with Gasteiger partial charge >= 0.3 is 7.60 Å². The standard InChI is InChI=1S/C17H19O3P.C2H6/c1-2-13-21(18,19-14-16-9-5-3-6-10-16)20-15-17-11-7-4-8-12-17;1-2/h2-12H,1,13-15H2;1-2H3. The molecule has 0 aliphatic heterocycles. The third-order valence-electron chi connectivity index (χ3n) is 2.89. The van der Waals surface area contributed by atoms with E-state index >= 15 is 0 Å². The summed E-state index contributed by atoms with van der Waals surface area (Å²) in [5.41, 5.74) is 1.93. The minimum atomic E-state index is -3.17. The molecule has 3 nitrogen and oxygen atoms in total. The molecule has 0 spiro atoms. The molecule has 0 aromatic heterocycles. The second kappa shape index (κ2) is 11.0. The fraction of sp³-hybridized carbons (Fsp3) is 0.263. The predicted octanol–water partition coefficient (Wildman–Crippen LogP) is 5.83. The summed E-state index contributed by atoms with van der Waals surface area (Å²) in [4.78, 5) is 0. The molecule has 0 N–H and O–H groups in total. The van der Waals surface area contributed by atoms with Gasteiger partial charge in [0.1, 0.15) is 0 Å². The van der Waals surface area contributed by atoms with Crippen LogP contribution in [0, 0.1) is 0 Å². The highest BCUT2D eigenvalue weighted by atomic mass is 31.2. The maximum absolute atomic E-state index is 12.6. The van der Waals surface area contributed by atoms with Crippen LogP contribution >= 0.6 is 7.60 Å². The van der Waals surface area contributed by atoms with Gasteiger partial charge < -0.3 is 9.05 Å². The Hall–Kier alpha value is -1.67. The van der Waals surface area contributed by atoms with Crippen molar-refractivity contribution in [1.29, 1.82) is 0 Å². The zero-order valence-electron chi connectivity index (χ0n) is 13.9. The highest BCUT2D eigenvalue weighted by molar-refractivity contribution is 7.54. The third kappa shape index (κ3) is 7.43. The van der Waals surface area contributed by atoms with E-state index in [4.69, 9.17) is 9.05 Å². The molecule has 124 valence electrons. The topological polar surface area (TPSA) is 35.5 Å². The second-order valence-electron chi connectivity index (χ2n) is 4.60. The third-order valence-corrected chi connectivity index (χ3v) is 4.64. The Balaban J connectivity index is 0.00000127. The van der Waals surface area contributed by atoms with Crippen LogP contribution in [-0.2, 0) is 26.8 Å². The Bertz CT molecular complexity index is 549. The van der Waals surface area contributed by atoms with Gasteiger partial charge in [-0.2, -0.15) is 0 Å². The van der Waals surface area contributed by atoms with Crippen molar-refractivity contribution in [2.45, 2.75) is 27.1 Å². The van der Waals surface area contributed by atoms with Gasteiger partial charge in [0.2, 0.25) is 0 Å². The Labute approximate surface area is 139 Å². The van der Waals surface area contributed by atoms with E-state index in [9.17, 15) is 4.57 Å². The van der Waals surface area contributed by atoms with Gasteiger partial charge in [-0.25, -0.2) is 0 Å². The average molecular weight is 332 g/mol. The van der Waals surface area contributed by atoms with Crippen LogP contribution in [0.15, 0.2) is 73.3 Å². The molecule has 0 saturated carbocycles. The molecule has 0 amide bonds. The Morgan fingerprint density at radius 1 is 0.870 bits per heavy atom. The summed E-state index contributed by atoms with van der Waals surface area (Å²) in [6.45, 7) is 8.15. The van der Waals surface area contributed by atoms with Crippen LogP contribution in [0.5, 0.6) is 0 Å². The first kappa shape index (κ1) is 19.4. The molecule has 0 saturated heterocycles. The first-order valence-corrected chi connectivity index (χ1v) is 9.51. The van der Waals surface area contributed by atoms with Gasteiger partial charge in [-0.1, -0.05) is 80.6 Å². The zero-order valence-corrected chi connectivity index (χ0v) is 14.7. The van der Waals surface area contributed by atoms with Crippen molar-refractivity contribution in [3.05, 3.63) is 84.4 Å². The monoisotopic (exact) mass is 332 g/mol. The summed E-state index contributed by atoms with van der Waals surface area (Å²) in [7, 11) is -3.17. The molecule has 0 heterocycles. The highest BCUT2D eigenvalue weighted by Crippen LogP contribution is 2.49. The van der Waals surface area contributed by atoms with Crippen molar-refractivity contribution in [3.8, 4) is 0 Å². The minimum Gasteiger partial charge on any atom is -0.304 e. The molecule has 0 unspecified atom stereocenters. The van der Waals surface area contributed by atoms with Gasteiger partial charge in [0.05, 0.1) is 19.4 Å². The molecule has 4 heteroatoms. The molecule has 23 heavy (non-hydrogen) atoms. The number of hydrogen-bond donors (Lipinski definition) is 0. The van der Waals surface area contributed by atoms with Crippen molar-refractivity contribution >= 4 is 7.60 Å². The van der Waals surface area contributed by atoms with Gasteiger partial charge in [0.25, 0.3) is 0 Å². The van der Waals surface area contributed by atoms with Crippen LogP contribution in [0.2, 0.25) is 0 Å². The lowest BCUT2D eigenvalue weighted by atomic mass is 10.2. The van der Waals surface area contributed by atoms with E-state index in [2.05, 4.69) is 6.58 Å². The van der Waals surface area contributed by atoms with E-state index in [1.165, 1.54) is 0 Å². The summed E-state index contributed by atoms with van der Waals surface area (Å²) >= 11 is 0. The SMILES string of the molecule is C=CCP(=O)(OCc1ccccc1)OCc1ccccc1.CC. The summed E-state index contributed by atoms with van der Waals surface area (Å²) in [5, 5.41) is 0. The van der Waals surface area contributed by atoms with Crippen molar-refractivity contribution < 1.29 is 13.6 Å². The largest absolute Gasteiger partial charge is 0.335 e. The quantitative estimate of drug-likeness (QED) is 0.451. The van der Waals surface area contributed by atoms with Crippen LogP contribution in [0.1, 0.15) is 25.0 Å². The second-order valence-corrected chi connectivity index (χ2v) is 6.70. The molecule has 0 atom stereocenters. The van der Waals surface area contributed by atoms with E-state index in [1.54, 1.807) is 6.08 Å². The smallest absolute Gasteiger partial charge is 0.304 e. The summed E-state index contributed by atoms with van der Waals surface area (Å²) in [6, 6.07) is 19.2. The molecular formula is C19H25O3P. The van der Waals surface area contributed by atoms with E-state index < -0.39 is 7.60 Å². The fourth-order valence-electron chi connectivity index (χ4n) is 1.80. The zero-order chi connectivity index (χ0) is 17.0. The van der Waals surface area contributed by atoms with Crippen molar-refractivity contribution in [2.24, 2.45) is 0 Å². The maximum atomic E-state index is 12.6. The van der Waals surface area contributed by atoms with Gasteiger partial charge in [0.15, 0.2) is 0 Å². The summed E-state index contributed by atoms with van der Waals surface area (Å²) in [5.74, 6) is 0. The lowest BCUT2D eigenvalue weighted by molar-refractivity contribution is 0.193. The number of rotatable bonds is 8. The first-order chi connectivity index (χ1) is 11.2. The Morgan fingerprint density at radius 2 is 1.26 bits per heavy atom. The van der Waals surface area contributed by atoms with E-state index in [-0.39, 0.29) is 19.4 Å². The average Bonchev–Trinajstić information content (AvgIpc) is 2.62. The number of hydrogen-bond acceptors (Lipinski definition) is 3. The van der Waals surface area contributed by atoms with E-state index in [1.807, 2.05) is 74.5 Å². The van der Waals surface area contributed by atoms with E-state index in [0.29, 0.717) is 0 Å². The van der Waals surface area contributed by atoms with Gasteiger partial charge in [-0.3, -0.25) is 4.57 Å². The van der Waals surface area contributed by atoms with Gasteiger partial charge in [0, 0.05) is 0 Å². The van der Waals surface area contributed by atoms with Gasteiger partial charge in [-0.15, -0.1) is 6.58 Å². The highest BCUT2D eigenvalue weighted by Gasteiger charge is 2.23. The van der Waals surface area contributed by atoms with Crippen molar-refractivity contribution in [1.82, 2.24) is 0 Å². The van der Waals surface area contributed by atoms with Crippen LogP contribution in [0.3, 0.4) is 0 Å². The molecule has 0 fully saturated rings. The number of benzene rings is 2. The fourth-order valence-corrected chi connectivity index (χ4v) is 3.09. The number of allylic oxidation sites excluding steroid dienone is 1. The maximum Gasteiger partial charge on any atom is 0.335 e. The minimum absolute atomic E-state index is 0.201. The Morgan fingerprint density at radius 3 is 1.61 bits per heavy atom. The molecular weight excluding hydrogens is 307 g/mol. The first-order valence-electron chi connectivity index (χ1n) is 7.79. The molecule has 0 aliphatic carbocycles. The molecule has 0 radical (unpaired) electrons. The summed E-state index contributed by atoms with van der Waals surface area (Å²) < 4.78 is 23.7. The van der Waals surface area contributed by atoms with Crippen LogP contribution in [0.25, 0.3) is 0 Å². The summed E-state index contributed by atoms with van der Waals surface area (Å²) in [6.07, 6.45) is 1.77. The molecule has 2 aromatic rings. The van der Waals surface area contributed by atoms with Crippen molar-refractivity contribution in [2.75, 3.05) is 6.16 Å². The van der Waals surface area contributed by atoms with Crippen LogP contribution in [-0.4, -0.2) is 6.16 Å². The lowest BCUT2D eigenvalue weighted by Gasteiger charge is -2.17. The molecule has 2 rings (SSSR count). The lowest BCUT2D eigenvalue weighted by Crippen LogP contribution is -2.00. The molecule has 2 aromatic carbocycles. The van der Waals surface area contributed by atoms with Crippen molar-refractivity contribution in [3.63, 3.8) is 0 Å². The van der Waals surface area contributed by atoms with Gasteiger partial charge in [-0.05, 0) is 11.1 Å². The van der Waals surface area contributed by atoms with Crippen LogP contribution < -0.4 is 0 Å². The normalized spacial score (nSPS) is 10.5. The van der Waals surface area contributed by atoms with E-state index in [0.717, 1.165) is 11.1 Å². The van der Waals surface area contributed by atoms with Crippen LogP contribution in [0.4, 0.5) is 0 Å². The predicted molar refractivity (Wildman–Crippen MR) is 96.5 cm³/mol. The molecule has 0 bridgehead atoms.